The first-order chi connectivity index (χ1) is 6.40. The van der Waals surface area contributed by atoms with Crippen molar-refractivity contribution in [2.24, 2.45) is 5.92 Å². The van der Waals surface area contributed by atoms with Gasteiger partial charge >= 0.3 is 5.97 Å². The molecular formula is C9H18N2O3. The topological polar surface area (TPSA) is 69.6 Å². The minimum Gasteiger partial charge on any atom is -0.480 e. The van der Waals surface area contributed by atoms with Gasteiger partial charge in [0.2, 0.25) is 5.91 Å². The molecule has 0 aromatic rings. The van der Waals surface area contributed by atoms with Crippen LogP contribution in [0.15, 0.2) is 0 Å². The molecule has 1 unspecified atom stereocenters. The second kappa shape index (κ2) is 5.59. The smallest absolute Gasteiger partial charge is 0.321 e. The van der Waals surface area contributed by atoms with Crippen molar-refractivity contribution in [3.63, 3.8) is 0 Å². The number of likely N-dealkylation sites (N-methyl/N-ethyl adjacent to an activating group) is 2. The second-order valence-electron chi connectivity index (χ2n) is 3.62. The molecule has 14 heavy (non-hydrogen) atoms. The maximum atomic E-state index is 11.0. The Hall–Kier alpha value is -1.10. The van der Waals surface area contributed by atoms with Crippen molar-refractivity contribution in [3.8, 4) is 0 Å². The van der Waals surface area contributed by atoms with Crippen molar-refractivity contribution in [1.29, 1.82) is 0 Å². The van der Waals surface area contributed by atoms with Crippen LogP contribution in [0.4, 0.5) is 0 Å². The maximum Gasteiger partial charge on any atom is 0.321 e. The van der Waals surface area contributed by atoms with Crippen molar-refractivity contribution in [3.05, 3.63) is 0 Å². The molecule has 0 radical (unpaired) electrons. The normalized spacial score (nSPS) is 13.0. The van der Waals surface area contributed by atoms with Crippen LogP contribution in [-0.4, -0.2) is 48.6 Å². The number of carbonyl (C=O) groups excluding carboxylic acids is 1. The van der Waals surface area contributed by atoms with E-state index in [0.717, 1.165) is 0 Å². The van der Waals surface area contributed by atoms with E-state index in [1.165, 1.54) is 11.9 Å². The molecule has 0 spiro atoms. The van der Waals surface area contributed by atoms with E-state index in [4.69, 9.17) is 5.11 Å². The number of nitrogens with zero attached hydrogens (tertiary/aromatic N) is 1. The first kappa shape index (κ1) is 12.9. The molecule has 5 heteroatoms. The summed E-state index contributed by atoms with van der Waals surface area (Å²) < 4.78 is 0. The molecule has 0 aliphatic carbocycles. The molecule has 0 saturated heterocycles. The second-order valence-corrected chi connectivity index (χ2v) is 3.62. The Balaban J connectivity index is 4.37. The van der Waals surface area contributed by atoms with E-state index in [9.17, 15) is 9.59 Å². The Morgan fingerprint density at radius 3 is 2.21 bits per heavy atom. The summed E-state index contributed by atoms with van der Waals surface area (Å²) in [5.41, 5.74) is 0. The Labute approximate surface area is 84.1 Å². The first-order valence-corrected chi connectivity index (χ1v) is 4.53. The molecule has 0 heterocycles. The van der Waals surface area contributed by atoms with Gasteiger partial charge in [-0.15, -0.1) is 0 Å². The summed E-state index contributed by atoms with van der Waals surface area (Å²) in [4.78, 5) is 23.4. The van der Waals surface area contributed by atoms with E-state index >= 15 is 0 Å². The Morgan fingerprint density at radius 2 is 1.93 bits per heavy atom. The van der Waals surface area contributed by atoms with Crippen molar-refractivity contribution in [2.75, 3.05) is 20.6 Å². The van der Waals surface area contributed by atoms with Gasteiger partial charge < -0.3 is 10.4 Å². The summed E-state index contributed by atoms with van der Waals surface area (Å²) in [5.74, 6) is -1.10. The highest BCUT2D eigenvalue weighted by Crippen LogP contribution is 2.08. The summed E-state index contributed by atoms with van der Waals surface area (Å²) in [7, 11) is 3.16. The van der Waals surface area contributed by atoms with E-state index < -0.39 is 12.0 Å². The first-order valence-electron chi connectivity index (χ1n) is 4.53. The van der Waals surface area contributed by atoms with Gasteiger partial charge in [0, 0.05) is 7.05 Å². The van der Waals surface area contributed by atoms with E-state index in [1.807, 2.05) is 13.8 Å². The Morgan fingerprint density at radius 1 is 1.43 bits per heavy atom. The number of carboxylic acids is 1. The Kier molecular flexibility index (Phi) is 5.15. The van der Waals surface area contributed by atoms with Crippen LogP contribution < -0.4 is 5.32 Å². The highest BCUT2D eigenvalue weighted by molar-refractivity contribution is 5.79. The van der Waals surface area contributed by atoms with Crippen LogP contribution in [0.1, 0.15) is 13.8 Å². The average Bonchev–Trinajstić information content (AvgIpc) is 2.02. The number of rotatable bonds is 5. The number of nitrogens with one attached hydrogen (secondary N) is 1. The summed E-state index contributed by atoms with van der Waals surface area (Å²) in [6.45, 7) is 3.74. The molecule has 0 aromatic heterocycles. The van der Waals surface area contributed by atoms with Crippen LogP contribution in [-0.2, 0) is 9.59 Å². The lowest BCUT2D eigenvalue weighted by molar-refractivity contribution is -0.144. The zero-order valence-corrected chi connectivity index (χ0v) is 9.07. The molecule has 0 aliphatic rings. The van der Waals surface area contributed by atoms with Crippen LogP contribution in [0.3, 0.4) is 0 Å². The highest BCUT2D eigenvalue weighted by atomic mass is 16.4. The van der Waals surface area contributed by atoms with Crippen LogP contribution in [0.2, 0.25) is 0 Å². The van der Waals surface area contributed by atoms with Crippen LogP contribution in [0.25, 0.3) is 0 Å². The van der Waals surface area contributed by atoms with Crippen LogP contribution in [0.5, 0.6) is 0 Å². The lowest BCUT2D eigenvalue weighted by Crippen LogP contribution is -2.46. The molecule has 2 N–H and O–H groups in total. The standard InChI is InChI=1S/C9H18N2O3/c1-6(2)8(9(13)14)11(4)5-7(12)10-3/h6,8H,5H2,1-4H3,(H,10,12)(H,13,14). The molecular weight excluding hydrogens is 184 g/mol. The number of hydrogen-bond acceptors (Lipinski definition) is 3. The van der Waals surface area contributed by atoms with Crippen molar-refractivity contribution < 1.29 is 14.7 Å². The molecule has 0 saturated carbocycles. The highest BCUT2D eigenvalue weighted by Gasteiger charge is 2.26. The minimum atomic E-state index is -0.897. The average molecular weight is 202 g/mol. The summed E-state index contributed by atoms with van der Waals surface area (Å²) >= 11 is 0. The van der Waals surface area contributed by atoms with E-state index in [0.29, 0.717) is 0 Å². The van der Waals surface area contributed by atoms with Gasteiger partial charge in [0.1, 0.15) is 6.04 Å². The fourth-order valence-corrected chi connectivity index (χ4v) is 1.39. The molecule has 0 aromatic carbocycles. The van der Waals surface area contributed by atoms with Gasteiger partial charge in [-0.2, -0.15) is 0 Å². The SMILES string of the molecule is CNC(=O)CN(C)C(C(=O)O)C(C)C. The van der Waals surface area contributed by atoms with Crippen LogP contribution >= 0.6 is 0 Å². The third-order valence-corrected chi connectivity index (χ3v) is 2.03. The monoisotopic (exact) mass is 202 g/mol. The van der Waals surface area contributed by atoms with Gasteiger partial charge in [0.25, 0.3) is 0 Å². The fraction of sp³-hybridized carbons (Fsp3) is 0.778. The molecule has 82 valence electrons. The number of aliphatic carboxylic acids is 1. The van der Waals surface area contributed by atoms with Gasteiger partial charge in [-0.3, -0.25) is 14.5 Å². The van der Waals surface area contributed by atoms with Gasteiger partial charge in [0.05, 0.1) is 6.54 Å². The minimum absolute atomic E-state index is 0.0258. The Bertz CT molecular complexity index is 216. The quantitative estimate of drug-likeness (QED) is 0.646. The van der Waals surface area contributed by atoms with Crippen molar-refractivity contribution >= 4 is 11.9 Å². The van der Waals surface area contributed by atoms with E-state index in [-0.39, 0.29) is 18.4 Å². The predicted molar refractivity (Wildman–Crippen MR) is 53.0 cm³/mol. The summed E-state index contributed by atoms with van der Waals surface area (Å²) in [6, 6.07) is -0.618. The zero-order chi connectivity index (χ0) is 11.3. The van der Waals surface area contributed by atoms with Gasteiger partial charge in [-0.1, -0.05) is 13.8 Å². The largest absolute Gasteiger partial charge is 0.480 e. The number of hydrogen-bond donors (Lipinski definition) is 2. The number of amides is 1. The molecule has 1 atom stereocenters. The lowest BCUT2D eigenvalue weighted by Gasteiger charge is -2.26. The fourth-order valence-electron chi connectivity index (χ4n) is 1.39. The van der Waals surface area contributed by atoms with Gasteiger partial charge in [0.15, 0.2) is 0 Å². The molecule has 0 rings (SSSR count). The van der Waals surface area contributed by atoms with Crippen LogP contribution in [0, 0.1) is 5.92 Å². The van der Waals surface area contributed by atoms with E-state index in [1.54, 1.807) is 7.05 Å². The molecule has 0 aliphatic heterocycles. The number of carbonyl (C=O) groups is 2. The zero-order valence-electron chi connectivity index (χ0n) is 9.07. The predicted octanol–water partition coefficient (Wildman–Crippen LogP) is -0.227. The maximum absolute atomic E-state index is 11.0. The summed E-state index contributed by atoms with van der Waals surface area (Å²) in [5, 5.41) is 11.4. The molecule has 5 nitrogen and oxygen atoms in total. The molecule has 1 amide bonds. The van der Waals surface area contributed by atoms with Gasteiger partial charge in [-0.05, 0) is 13.0 Å². The van der Waals surface area contributed by atoms with Crippen molar-refractivity contribution in [2.45, 2.75) is 19.9 Å². The van der Waals surface area contributed by atoms with Crippen molar-refractivity contribution in [1.82, 2.24) is 10.2 Å². The third kappa shape index (κ3) is 3.74. The third-order valence-electron chi connectivity index (χ3n) is 2.03. The molecule has 0 bridgehead atoms. The molecule has 0 fully saturated rings. The number of carboxylic acid groups (broad SMARTS) is 1. The summed E-state index contributed by atoms with van der Waals surface area (Å²) in [6.07, 6.45) is 0. The van der Waals surface area contributed by atoms with Gasteiger partial charge in [-0.25, -0.2) is 0 Å². The van der Waals surface area contributed by atoms with E-state index in [2.05, 4.69) is 5.32 Å². The lowest BCUT2D eigenvalue weighted by atomic mass is 10.0.